The summed E-state index contributed by atoms with van der Waals surface area (Å²) in [6.45, 7) is 6.09. The largest absolute Gasteiger partial charge is 0.469 e. The van der Waals surface area contributed by atoms with Gasteiger partial charge in [0.15, 0.2) is 5.78 Å². The minimum absolute atomic E-state index is 0.0589. The maximum atomic E-state index is 13.3. The van der Waals surface area contributed by atoms with Crippen LogP contribution in [-0.4, -0.2) is 24.4 Å². The second-order valence-electron chi connectivity index (χ2n) is 7.80. The molecule has 0 aromatic heterocycles. The molecule has 0 bridgehead atoms. The Morgan fingerprint density at radius 2 is 1.67 bits per heavy atom. The fourth-order valence-corrected chi connectivity index (χ4v) is 3.50. The molecule has 0 unspecified atom stereocenters. The Morgan fingerprint density at radius 1 is 1.04 bits per heavy atom. The zero-order chi connectivity index (χ0) is 19.6. The van der Waals surface area contributed by atoms with Crippen LogP contribution in [0.4, 0.5) is 0 Å². The fraction of sp³-hybridized carbons (Fsp3) is 0.304. The van der Waals surface area contributed by atoms with Crippen molar-refractivity contribution in [2.45, 2.75) is 38.1 Å². The van der Waals surface area contributed by atoms with E-state index >= 15 is 0 Å². The number of ketones is 1. The van der Waals surface area contributed by atoms with Crippen molar-refractivity contribution in [3.8, 4) is 0 Å². The predicted octanol–water partition coefficient (Wildman–Crippen LogP) is 4.20. The van der Waals surface area contributed by atoms with Crippen LogP contribution in [0, 0.1) is 0 Å². The van der Waals surface area contributed by atoms with Gasteiger partial charge in [-0.05, 0) is 31.9 Å². The van der Waals surface area contributed by atoms with Gasteiger partial charge in [0.25, 0.3) is 0 Å². The Bertz CT molecular complexity index is 878. The normalized spacial score (nSPS) is 20.9. The highest BCUT2D eigenvalue weighted by molar-refractivity contribution is 6.14. The van der Waals surface area contributed by atoms with E-state index in [9.17, 15) is 9.59 Å². The lowest BCUT2D eigenvalue weighted by atomic mass is 9.69. The van der Waals surface area contributed by atoms with Gasteiger partial charge in [-0.1, -0.05) is 54.6 Å². The zero-order valence-corrected chi connectivity index (χ0v) is 16.2. The molecule has 2 aromatic carbocycles. The molecule has 0 aliphatic heterocycles. The molecule has 4 nitrogen and oxygen atoms in total. The number of methoxy groups -OCH3 is 1. The van der Waals surface area contributed by atoms with Crippen LogP contribution in [0.1, 0.15) is 54.1 Å². The molecule has 3 rings (SSSR count). The van der Waals surface area contributed by atoms with Crippen LogP contribution in [0.5, 0.6) is 0 Å². The van der Waals surface area contributed by atoms with Crippen molar-refractivity contribution in [1.29, 1.82) is 0 Å². The van der Waals surface area contributed by atoms with E-state index in [0.717, 1.165) is 11.1 Å². The maximum absolute atomic E-state index is 13.3. The van der Waals surface area contributed by atoms with Gasteiger partial charge in [-0.3, -0.25) is 9.59 Å². The Hall–Kier alpha value is -2.88. The quantitative estimate of drug-likeness (QED) is 0.656. The maximum Gasteiger partial charge on any atom is 0.314 e. The average Bonchev–Trinajstić information content (AvgIpc) is 2.66. The molecule has 0 spiro atoms. The molecule has 4 heteroatoms. The second-order valence-corrected chi connectivity index (χ2v) is 7.80. The van der Waals surface area contributed by atoms with Crippen LogP contribution in [0.3, 0.4) is 0 Å². The SMILES string of the molecule is COC(=O)[C@@H]1c2ccccc2C(=O)/C(=C\NC(C)(C)C)[C@@H]1c1ccccc1. The molecular formula is C23H25NO3. The highest BCUT2D eigenvalue weighted by atomic mass is 16.5. The van der Waals surface area contributed by atoms with Crippen molar-refractivity contribution in [1.82, 2.24) is 5.32 Å². The summed E-state index contributed by atoms with van der Waals surface area (Å²) in [6, 6.07) is 17.0. The van der Waals surface area contributed by atoms with Gasteiger partial charge >= 0.3 is 5.97 Å². The van der Waals surface area contributed by atoms with Crippen molar-refractivity contribution < 1.29 is 14.3 Å². The van der Waals surface area contributed by atoms with Gasteiger partial charge in [-0.2, -0.15) is 0 Å². The summed E-state index contributed by atoms with van der Waals surface area (Å²) in [7, 11) is 1.39. The number of esters is 1. The highest BCUT2D eigenvalue weighted by Crippen LogP contribution is 2.45. The van der Waals surface area contributed by atoms with E-state index < -0.39 is 11.8 Å². The highest BCUT2D eigenvalue weighted by Gasteiger charge is 2.43. The lowest BCUT2D eigenvalue weighted by Crippen LogP contribution is -2.36. The van der Waals surface area contributed by atoms with Crippen LogP contribution in [-0.2, 0) is 9.53 Å². The second kappa shape index (κ2) is 7.39. The van der Waals surface area contributed by atoms with Gasteiger partial charge < -0.3 is 10.1 Å². The number of hydrogen-bond acceptors (Lipinski definition) is 4. The minimum Gasteiger partial charge on any atom is -0.469 e. The van der Waals surface area contributed by atoms with E-state index in [-0.39, 0.29) is 17.3 Å². The van der Waals surface area contributed by atoms with E-state index in [0.29, 0.717) is 11.1 Å². The fourth-order valence-electron chi connectivity index (χ4n) is 3.50. The van der Waals surface area contributed by atoms with E-state index in [1.807, 2.05) is 69.3 Å². The summed E-state index contributed by atoms with van der Waals surface area (Å²) in [4.78, 5) is 26.1. The summed E-state index contributed by atoms with van der Waals surface area (Å²) in [5.41, 5.74) is 2.56. The minimum atomic E-state index is -0.570. The standard InChI is InChI=1S/C23H25NO3/c1-23(2,3)24-14-18-19(15-10-6-5-7-11-15)20(22(26)27-4)16-12-8-9-13-17(16)21(18)25/h5-14,19-20,24H,1-4H3/b18-14-/t19-,20+/m0/s1. The summed E-state index contributed by atoms with van der Waals surface area (Å²) in [6.07, 6.45) is 1.77. The van der Waals surface area contributed by atoms with Crippen LogP contribution < -0.4 is 5.32 Å². The van der Waals surface area contributed by atoms with Crippen LogP contribution in [0.25, 0.3) is 0 Å². The molecule has 1 aliphatic carbocycles. The van der Waals surface area contributed by atoms with Crippen molar-refractivity contribution >= 4 is 11.8 Å². The van der Waals surface area contributed by atoms with Crippen LogP contribution in [0.15, 0.2) is 66.4 Å². The van der Waals surface area contributed by atoms with Crippen molar-refractivity contribution in [2.75, 3.05) is 7.11 Å². The molecule has 0 saturated heterocycles. The van der Waals surface area contributed by atoms with Gasteiger partial charge in [0.05, 0.1) is 13.0 Å². The molecule has 27 heavy (non-hydrogen) atoms. The van der Waals surface area contributed by atoms with Crippen molar-refractivity contribution in [2.24, 2.45) is 0 Å². The van der Waals surface area contributed by atoms with Gasteiger partial charge in [0.2, 0.25) is 0 Å². The molecule has 2 atom stereocenters. The average molecular weight is 363 g/mol. The number of nitrogens with one attached hydrogen (secondary N) is 1. The summed E-state index contributed by atoms with van der Waals surface area (Å²) < 4.78 is 5.13. The smallest absolute Gasteiger partial charge is 0.314 e. The molecule has 2 aromatic rings. The number of carbonyl (C=O) groups excluding carboxylic acids is 2. The number of hydrogen-bond donors (Lipinski definition) is 1. The van der Waals surface area contributed by atoms with Gasteiger partial charge in [0.1, 0.15) is 0 Å². The van der Waals surface area contributed by atoms with E-state index in [1.165, 1.54) is 7.11 Å². The van der Waals surface area contributed by atoms with Crippen molar-refractivity contribution in [3.63, 3.8) is 0 Å². The van der Waals surface area contributed by atoms with Crippen LogP contribution >= 0.6 is 0 Å². The molecule has 140 valence electrons. The predicted molar refractivity (Wildman–Crippen MR) is 106 cm³/mol. The third-order valence-electron chi connectivity index (χ3n) is 4.75. The number of ether oxygens (including phenoxy) is 1. The zero-order valence-electron chi connectivity index (χ0n) is 16.2. The first kappa shape index (κ1) is 18.9. The Labute approximate surface area is 160 Å². The van der Waals surface area contributed by atoms with E-state index in [1.54, 1.807) is 12.3 Å². The van der Waals surface area contributed by atoms with Gasteiger partial charge in [-0.15, -0.1) is 0 Å². The third-order valence-corrected chi connectivity index (χ3v) is 4.75. The molecule has 1 aliphatic rings. The number of benzene rings is 2. The Morgan fingerprint density at radius 3 is 2.30 bits per heavy atom. The number of carbonyl (C=O) groups is 2. The van der Waals surface area contributed by atoms with Gasteiger partial charge in [-0.25, -0.2) is 0 Å². The molecule has 0 amide bonds. The van der Waals surface area contributed by atoms with Crippen LogP contribution in [0.2, 0.25) is 0 Å². The van der Waals surface area contributed by atoms with E-state index in [4.69, 9.17) is 4.74 Å². The number of fused-ring (bicyclic) bond motifs is 1. The summed E-state index contributed by atoms with van der Waals surface area (Å²) in [5.74, 6) is -1.38. The third kappa shape index (κ3) is 3.80. The number of allylic oxidation sites excluding steroid dienone is 1. The number of rotatable bonds is 3. The first-order valence-electron chi connectivity index (χ1n) is 9.07. The molecule has 0 heterocycles. The monoisotopic (exact) mass is 363 g/mol. The van der Waals surface area contributed by atoms with E-state index in [2.05, 4.69) is 5.32 Å². The molecular weight excluding hydrogens is 338 g/mol. The molecule has 0 fully saturated rings. The summed E-state index contributed by atoms with van der Waals surface area (Å²) in [5, 5.41) is 3.30. The number of Topliss-reactive ketones (excluding diaryl/α,β-unsaturated/α-hetero) is 1. The first-order chi connectivity index (χ1) is 12.8. The Kier molecular flexibility index (Phi) is 5.17. The van der Waals surface area contributed by atoms with Gasteiger partial charge in [0, 0.05) is 28.8 Å². The van der Waals surface area contributed by atoms with Crippen molar-refractivity contribution in [3.05, 3.63) is 83.1 Å². The lowest BCUT2D eigenvalue weighted by molar-refractivity contribution is -0.142. The molecule has 0 saturated carbocycles. The topological polar surface area (TPSA) is 55.4 Å². The first-order valence-corrected chi connectivity index (χ1v) is 9.07. The molecule has 1 N–H and O–H groups in total. The Balaban J connectivity index is 2.24. The lowest BCUT2D eigenvalue weighted by Gasteiger charge is -2.34. The summed E-state index contributed by atoms with van der Waals surface area (Å²) >= 11 is 0. The molecule has 0 radical (unpaired) electrons.